The molecule has 0 saturated heterocycles. The lowest BCUT2D eigenvalue weighted by molar-refractivity contribution is 0.586. The molecule has 6 heteroatoms. The molecular weight excluding hydrogens is 256 g/mol. The summed E-state index contributed by atoms with van der Waals surface area (Å²) >= 11 is 5.01. The molecular formula is C12H9F2N3S. The number of hydrogen-bond donors (Lipinski definition) is 2. The van der Waals surface area contributed by atoms with Crippen molar-refractivity contribution in [3.05, 3.63) is 54.4 Å². The molecule has 0 bridgehead atoms. The zero-order valence-electron chi connectivity index (χ0n) is 9.15. The van der Waals surface area contributed by atoms with Gasteiger partial charge in [-0.3, -0.25) is 4.98 Å². The molecule has 0 aliphatic carbocycles. The molecule has 0 atom stereocenters. The summed E-state index contributed by atoms with van der Waals surface area (Å²) in [5, 5.41) is 5.71. The van der Waals surface area contributed by atoms with E-state index < -0.39 is 11.6 Å². The number of halogens is 2. The van der Waals surface area contributed by atoms with E-state index in [1.807, 2.05) is 0 Å². The first-order chi connectivity index (χ1) is 8.65. The summed E-state index contributed by atoms with van der Waals surface area (Å²) in [6, 6.07) is 6.66. The second kappa shape index (κ2) is 5.50. The van der Waals surface area contributed by atoms with Gasteiger partial charge in [0.25, 0.3) is 0 Å². The summed E-state index contributed by atoms with van der Waals surface area (Å²) in [5.41, 5.74) is 0.841. The van der Waals surface area contributed by atoms with Crippen molar-refractivity contribution in [2.75, 3.05) is 10.6 Å². The Morgan fingerprint density at radius 1 is 1.06 bits per heavy atom. The Kier molecular flexibility index (Phi) is 3.78. The summed E-state index contributed by atoms with van der Waals surface area (Å²) in [6.45, 7) is 0. The minimum atomic E-state index is -0.700. The average molecular weight is 265 g/mol. The fourth-order valence-corrected chi connectivity index (χ4v) is 1.54. The van der Waals surface area contributed by atoms with Crippen molar-refractivity contribution in [1.29, 1.82) is 0 Å². The van der Waals surface area contributed by atoms with E-state index in [4.69, 9.17) is 12.2 Å². The van der Waals surface area contributed by atoms with E-state index in [-0.39, 0.29) is 10.8 Å². The first-order valence-corrected chi connectivity index (χ1v) is 5.49. The van der Waals surface area contributed by atoms with Crippen LogP contribution in [0.15, 0.2) is 42.7 Å². The van der Waals surface area contributed by atoms with Gasteiger partial charge in [-0.15, -0.1) is 0 Å². The van der Waals surface area contributed by atoms with Crippen molar-refractivity contribution in [1.82, 2.24) is 4.98 Å². The third kappa shape index (κ3) is 3.21. The molecule has 0 amide bonds. The van der Waals surface area contributed by atoms with Crippen LogP contribution in [0.5, 0.6) is 0 Å². The minimum absolute atomic E-state index is 0.114. The van der Waals surface area contributed by atoms with Crippen LogP contribution in [-0.2, 0) is 0 Å². The molecule has 1 aromatic heterocycles. The first-order valence-electron chi connectivity index (χ1n) is 5.08. The van der Waals surface area contributed by atoms with Gasteiger partial charge in [-0.1, -0.05) is 0 Å². The summed E-state index contributed by atoms with van der Waals surface area (Å²) in [4.78, 5) is 3.86. The van der Waals surface area contributed by atoms with Gasteiger partial charge in [0.2, 0.25) is 0 Å². The zero-order chi connectivity index (χ0) is 13.0. The molecule has 0 aliphatic rings. The third-order valence-electron chi connectivity index (χ3n) is 2.12. The maximum Gasteiger partial charge on any atom is 0.175 e. The third-order valence-corrected chi connectivity index (χ3v) is 2.32. The lowest BCUT2D eigenvalue weighted by atomic mass is 10.3. The van der Waals surface area contributed by atoms with Gasteiger partial charge >= 0.3 is 0 Å². The molecule has 3 nitrogen and oxygen atoms in total. The lowest BCUT2D eigenvalue weighted by Crippen LogP contribution is -2.19. The zero-order valence-corrected chi connectivity index (χ0v) is 9.97. The van der Waals surface area contributed by atoms with Crippen molar-refractivity contribution < 1.29 is 8.78 Å². The van der Waals surface area contributed by atoms with E-state index in [0.29, 0.717) is 0 Å². The molecule has 2 rings (SSSR count). The average Bonchev–Trinajstić information content (AvgIpc) is 2.34. The van der Waals surface area contributed by atoms with Crippen LogP contribution >= 0.6 is 12.2 Å². The molecule has 0 unspecified atom stereocenters. The van der Waals surface area contributed by atoms with Crippen LogP contribution in [0.25, 0.3) is 0 Å². The van der Waals surface area contributed by atoms with Gasteiger partial charge in [0.15, 0.2) is 5.11 Å². The van der Waals surface area contributed by atoms with Crippen LogP contribution in [0.4, 0.5) is 20.2 Å². The molecule has 2 N–H and O–H groups in total. The number of rotatable bonds is 2. The second-order valence-electron chi connectivity index (χ2n) is 3.44. The van der Waals surface area contributed by atoms with Crippen LogP contribution in [0.3, 0.4) is 0 Å². The number of nitrogens with zero attached hydrogens (tertiary/aromatic N) is 1. The number of nitrogens with one attached hydrogen (secondary N) is 2. The Labute approximate surface area is 108 Å². The first kappa shape index (κ1) is 12.4. The molecule has 0 radical (unpaired) electrons. The Morgan fingerprint density at radius 3 is 2.44 bits per heavy atom. The summed E-state index contributed by atoms with van der Waals surface area (Å²) in [6.07, 6.45) is 3.20. The van der Waals surface area contributed by atoms with Crippen LogP contribution < -0.4 is 10.6 Å². The number of benzene rings is 1. The van der Waals surface area contributed by atoms with Gasteiger partial charge < -0.3 is 10.6 Å². The summed E-state index contributed by atoms with van der Waals surface area (Å²) in [7, 11) is 0. The summed E-state index contributed by atoms with van der Waals surface area (Å²) < 4.78 is 26.1. The van der Waals surface area contributed by atoms with Gasteiger partial charge in [-0.05, 0) is 36.5 Å². The molecule has 92 valence electrons. The predicted octanol–water partition coefficient (Wildman–Crippen LogP) is 3.17. The van der Waals surface area contributed by atoms with Crippen molar-refractivity contribution in [2.45, 2.75) is 0 Å². The van der Waals surface area contributed by atoms with Crippen LogP contribution in [-0.4, -0.2) is 10.1 Å². The van der Waals surface area contributed by atoms with Gasteiger partial charge in [0.1, 0.15) is 11.6 Å². The molecule has 2 aromatic rings. The highest BCUT2D eigenvalue weighted by Crippen LogP contribution is 2.15. The van der Waals surface area contributed by atoms with Crippen LogP contribution in [0.2, 0.25) is 0 Å². The highest BCUT2D eigenvalue weighted by molar-refractivity contribution is 7.80. The Hall–Kier alpha value is -2.08. The normalized spacial score (nSPS) is 9.89. The van der Waals surface area contributed by atoms with Crippen molar-refractivity contribution in [3.63, 3.8) is 0 Å². The van der Waals surface area contributed by atoms with Crippen LogP contribution in [0, 0.1) is 11.6 Å². The van der Waals surface area contributed by atoms with Crippen molar-refractivity contribution in [3.8, 4) is 0 Å². The smallest absolute Gasteiger partial charge is 0.175 e. The molecule has 0 fully saturated rings. The molecule has 1 aromatic carbocycles. The Morgan fingerprint density at radius 2 is 1.78 bits per heavy atom. The van der Waals surface area contributed by atoms with E-state index >= 15 is 0 Å². The maximum absolute atomic E-state index is 13.3. The largest absolute Gasteiger partial charge is 0.332 e. The van der Waals surface area contributed by atoms with E-state index in [0.717, 1.165) is 17.8 Å². The molecule has 18 heavy (non-hydrogen) atoms. The van der Waals surface area contributed by atoms with Gasteiger partial charge in [-0.2, -0.15) is 0 Å². The van der Waals surface area contributed by atoms with Gasteiger partial charge in [0, 0.05) is 24.1 Å². The highest BCUT2D eigenvalue weighted by atomic mass is 32.1. The number of aromatic nitrogens is 1. The highest BCUT2D eigenvalue weighted by Gasteiger charge is 2.05. The Balaban J connectivity index is 2.03. The quantitative estimate of drug-likeness (QED) is 0.818. The molecule has 0 aliphatic heterocycles. The minimum Gasteiger partial charge on any atom is -0.332 e. The van der Waals surface area contributed by atoms with E-state index in [2.05, 4.69) is 15.6 Å². The summed E-state index contributed by atoms with van der Waals surface area (Å²) in [5.74, 6) is -1.33. The van der Waals surface area contributed by atoms with Gasteiger partial charge in [-0.25, -0.2) is 8.78 Å². The van der Waals surface area contributed by atoms with Crippen LogP contribution in [0.1, 0.15) is 0 Å². The number of hydrogen-bond acceptors (Lipinski definition) is 2. The standard InChI is InChI=1S/C12H9F2N3S/c13-8-1-2-11(10(14)7-8)17-12(18)16-9-3-5-15-6-4-9/h1-7H,(H2,15,16,17,18). The molecule has 0 saturated carbocycles. The van der Waals surface area contributed by atoms with Crippen molar-refractivity contribution >= 4 is 28.7 Å². The number of anilines is 2. The molecule has 0 spiro atoms. The van der Waals surface area contributed by atoms with E-state index in [9.17, 15) is 8.78 Å². The fourth-order valence-electron chi connectivity index (χ4n) is 1.31. The SMILES string of the molecule is Fc1ccc(NC(=S)Nc2ccncc2)c(F)c1. The maximum atomic E-state index is 13.3. The fraction of sp³-hybridized carbons (Fsp3) is 0. The predicted molar refractivity (Wildman–Crippen MR) is 70.4 cm³/mol. The second-order valence-corrected chi connectivity index (χ2v) is 3.85. The monoisotopic (exact) mass is 265 g/mol. The number of thiocarbonyl (C=S) groups is 1. The van der Waals surface area contributed by atoms with Crippen molar-refractivity contribution in [2.24, 2.45) is 0 Å². The van der Waals surface area contributed by atoms with E-state index in [1.54, 1.807) is 24.5 Å². The lowest BCUT2D eigenvalue weighted by Gasteiger charge is -2.10. The van der Waals surface area contributed by atoms with E-state index in [1.165, 1.54) is 6.07 Å². The molecule has 1 heterocycles. The number of pyridine rings is 1. The topological polar surface area (TPSA) is 37.0 Å². The Bertz CT molecular complexity index is 561. The van der Waals surface area contributed by atoms with Gasteiger partial charge in [0.05, 0.1) is 5.69 Å².